The summed E-state index contributed by atoms with van der Waals surface area (Å²) in [6.45, 7) is 4.15. The van der Waals surface area contributed by atoms with Crippen LogP contribution >= 0.6 is 0 Å². The maximum absolute atomic E-state index is 13.5. The van der Waals surface area contributed by atoms with Gasteiger partial charge >= 0.3 is 6.09 Å². The van der Waals surface area contributed by atoms with Crippen molar-refractivity contribution < 1.29 is 14.3 Å². The maximum atomic E-state index is 13.5. The number of hydrogen-bond acceptors (Lipinski definition) is 1. The molecule has 0 aromatic heterocycles. The molecule has 120 valence electrons. The molecular formula is C19H20FNO2. The molecule has 1 aliphatic rings. The Hall–Kier alpha value is -2.36. The topological polar surface area (TPSA) is 49.3 Å². The monoisotopic (exact) mass is 313 g/mol. The smallest absolute Gasteiger partial charge is 0.405 e. The first-order valence-corrected chi connectivity index (χ1v) is 7.75. The summed E-state index contributed by atoms with van der Waals surface area (Å²) >= 11 is 0. The molecule has 1 unspecified atom stereocenters. The molecule has 3 nitrogen and oxygen atoms in total. The van der Waals surface area contributed by atoms with Crippen LogP contribution in [-0.2, 0) is 6.42 Å². The Morgan fingerprint density at radius 2 is 1.96 bits per heavy atom. The molecule has 0 spiro atoms. The predicted octanol–water partition coefficient (Wildman–Crippen LogP) is 4.77. The van der Waals surface area contributed by atoms with Crippen LogP contribution < -0.4 is 5.32 Å². The van der Waals surface area contributed by atoms with Crippen LogP contribution in [0.3, 0.4) is 0 Å². The predicted molar refractivity (Wildman–Crippen MR) is 87.8 cm³/mol. The van der Waals surface area contributed by atoms with Crippen LogP contribution in [-0.4, -0.2) is 11.2 Å². The van der Waals surface area contributed by atoms with Crippen LogP contribution in [0.5, 0.6) is 0 Å². The van der Waals surface area contributed by atoms with Gasteiger partial charge in [0, 0.05) is 0 Å². The lowest BCUT2D eigenvalue weighted by Crippen LogP contribution is -2.40. The van der Waals surface area contributed by atoms with E-state index in [2.05, 4.69) is 19.2 Å². The Labute approximate surface area is 135 Å². The number of nitrogens with one attached hydrogen (secondary N) is 1. The second-order valence-corrected chi connectivity index (χ2v) is 6.80. The van der Waals surface area contributed by atoms with Gasteiger partial charge in [0.2, 0.25) is 0 Å². The highest BCUT2D eigenvalue weighted by Gasteiger charge is 2.37. The average Bonchev–Trinajstić information content (AvgIpc) is 2.49. The number of amides is 1. The van der Waals surface area contributed by atoms with Crippen molar-refractivity contribution in [1.29, 1.82) is 0 Å². The number of carbonyl (C=O) groups is 1. The van der Waals surface area contributed by atoms with Gasteiger partial charge in [0.25, 0.3) is 0 Å². The molecule has 23 heavy (non-hydrogen) atoms. The highest BCUT2D eigenvalue weighted by atomic mass is 19.1. The third kappa shape index (κ3) is 3.07. The van der Waals surface area contributed by atoms with Crippen LogP contribution in [0.25, 0.3) is 11.1 Å². The summed E-state index contributed by atoms with van der Waals surface area (Å²) in [4.78, 5) is 11.2. The Balaban J connectivity index is 2.08. The van der Waals surface area contributed by atoms with Gasteiger partial charge in [0.05, 0.1) is 6.04 Å². The minimum Gasteiger partial charge on any atom is -0.465 e. The molecule has 2 aromatic carbocycles. The van der Waals surface area contributed by atoms with E-state index in [0.29, 0.717) is 0 Å². The molecule has 0 aliphatic heterocycles. The van der Waals surface area contributed by atoms with E-state index in [1.165, 1.54) is 12.1 Å². The summed E-state index contributed by atoms with van der Waals surface area (Å²) in [5.74, 6) is -0.277. The minimum atomic E-state index is -1.02. The Morgan fingerprint density at radius 3 is 2.65 bits per heavy atom. The molecule has 2 N–H and O–H groups in total. The van der Waals surface area contributed by atoms with Gasteiger partial charge in [-0.05, 0) is 58.7 Å². The van der Waals surface area contributed by atoms with Crippen LogP contribution in [0.15, 0.2) is 42.5 Å². The lowest BCUT2D eigenvalue weighted by Gasteiger charge is -2.40. The number of hydrogen-bond donors (Lipinski definition) is 2. The zero-order valence-corrected chi connectivity index (χ0v) is 13.3. The third-order valence-corrected chi connectivity index (χ3v) is 4.70. The summed E-state index contributed by atoms with van der Waals surface area (Å²) in [7, 11) is 0. The van der Waals surface area contributed by atoms with Crippen LogP contribution in [0.2, 0.25) is 0 Å². The van der Waals surface area contributed by atoms with Gasteiger partial charge in [-0.15, -0.1) is 0 Å². The zero-order valence-electron chi connectivity index (χ0n) is 13.3. The van der Waals surface area contributed by atoms with E-state index in [4.69, 9.17) is 0 Å². The SMILES string of the molecule is CC1(C)CCc2ccc(-c3cccc(F)c3)cc2C1NC(=O)O. The minimum absolute atomic E-state index is 0.161. The zero-order chi connectivity index (χ0) is 16.6. The fourth-order valence-corrected chi connectivity index (χ4v) is 3.36. The fraction of sp³-hybridized carbons (Fsp3) is 0.316. The van der Waals surface area contributed by atoms with Crippen molar-refractivity contribution in [2.75, 3.05) is 0 Å². The summed E-state index contributed by atoms with van der Waals surface area (Å²) in [6, 6.07) is 12.2. The molecule has 1 aliphatic carbocycles. The van der Waals surface area contributed by atoms with E-state index in [-0.39, 0.29) is 17.3 Å². The van der Waals surface area contributed by atoms with E-state index >= 15 is 0 Å². The van der Waals surface area contributed by atoms with E-state index in [1.54, 1.807) is 6.07 Å². The maximum Gasteiger partial charge on any atom is 0.405 e. The van der Waals surface area contributed by atoms with E-state index in [0.717, 1.165) is 35.1 Å². The Kier molecular flexibility index (Phi) is 3.84. The molecule has 1 amide bonds. The molecule has 4 heteroatoms. The second kappa shape index (κ2) is 5.69. The second-order valence-electron chi connectivity index (χ2n) is 6.80. The van der Waals surface area contributed by atoms with Crippen molar-refractivity contribution in [2.45, 2.75) is 32.7 Å². The van der Waals surface area contributed by atoms with Crippen molar-refractivity contribution in [3.63, 3.8) is 0 Å². The fourth-order valence-electron chi connectivity index (χ4n) is 3.36. The number of benzene rings is 2. The third-order valence-electron chi connectivity index (χ3n) is 4.70. The van der Waals surface area contributed by atoms with Crippen molar-refractivity contribution in [3.05, 3.63) is 59.4 Å². The van der Waals surface area contributed by atoms with Crippen molar-refractivity contribution in [3.8, 4) is 11.1 Å². The van der Waals surface area contributed by atoms with Gasteiger partial charge in [-0.1, -0.05) is 38.1 Å². The van der Waals surface area contributed by atoms with Gasteiger partial charge in [-0.25, -0.2) is 9.18 Å². The lowest BCUT2D eigenvalue weighted by molar-refractivity contribution is 0.161. The van der Waals surface area contributed by atoms with E-state index < -0.39 is 6.09 Å². The molecule has 0 saturated heterocycles. The number of aryl methyl sites for hydroxylation is 1. The molecule has 0 radical (unpaired) electrons. The number of fused-ring (bicyclic) bond motifs is 1. The number of carboxylic acid groups (broad SMARTS) is 1. The van der Waals surface area contributed by atoms with E-state index in [1.807, 2.05) is 24.3 Å². The molecule has 0 bridgehead atoms. The first kappa shape index (κ1) is 15.5. The quantitative estimate of drug-likeness (QED) is 0.838. The molecule has 1 atom stereocenters. The number of rotatable bonds is 2. The van der Waals surface area contributed by atoms with E-state index in [9.17, 15) is 14.3 Å². The summed E-state index contributed by atoms with van der Waals surface area (Å²) < 4.78 is 13.5. The van der Waals surface area contributed by atoms with Crippen LogP contribution in [0, 0.1) is 11.2 Å². The van der Waals surface area contributed by atoms with Gasteiger partial charge in [-0.2, -0.15) is 0 Å². The normalized spacial score (nSPS) is 19.0. The van der Waals surface area contributed by atoms with Crippen molar-refractivity contribution in [2.24, 2.45) is 5.41 Å². The molecular weight excluding hydrogens is 293 g/mol. The summed E-state index contributed by atoms with van der Waals surface area (Å²) in [5.41, 5.74) is 3.68. The van der Waals surface area contributed by atoms with Crippen molar-refractivity contribution in [1.82, 2.24) is 5.32 Å². The largest absolute Gasteiger partial charge is 0.465 e. The summed E-state index contributed by atoms with van der Waals surface area (Å²) in [6.07, 6.45) is 0.820. The van der Waals surface area contributed by atoms with Gasteiger partial charge < -0.3 is 10.4 Å². The first-order valence-electron chi connectivity index (χ1n) is 7.75. The molecule has 0 saturated carbocycles. The molecule has 2 aromatic rings. The molecule has 0 heterocycles. The van der Waals surface area contributed by atoms with Gasteiger partial charge in [0.15, 0.2) is 0 Å². The van der Waals surface area contributed by atoms with Crippen LogP contribution in [0.4, 0.5) is 9.18 Å². The van der Waals surface area contributed by atoms with Gasteiger partial charge in [0.1, 0.15) is 5.82 Å². The summed E-state index contributed by atoms with van der Waals surface area (Å²) in [5, 5.41) is 11.8. The van der Waals surface area contributed by atoms with Crippen LogP contribution in [0.1, 0.15) is 37.4 Å². The highest BCUT2D eigenvalue weighted by Crippen LogP contribution is 2.44. The molecule has 0 fully saturated rings. The lowest BCUT2D eigenvalue weighted by atomic mass is 9.70. The van der Waals surface area contributed by atoms with Crippen molar-refractivity contribution >= 4 is 6.09 Å². The Bertz CT molecular complexity index is 755. The first-order chi connectivity index (χ1) is 10.9. The average molecular weight is 313 g/mol. The standard InChI is InChI=1S/C19H20FNO2/c1-19(2)9-8-12-6-7-14(13-4-3-5-15(20)10-13)11-16(12)17(19)21-18(22)23/h3-7,10-11,17,21H,8-9H2,1-2H3,(H,22,23). The molecule has 3 rings (SSSR count). The Morgan fingerprint density at radius 1 is 1.22 bits per heavy atom. The van der Waals surface area contributed by atoms with Gasteiger partial charge in [-0.3, -0.25) is 0 Å². The highest BCUT2D eigenvalue weighted by molar-refractivity contribution is 5.68. The number of halogens is 1.